The fraction of sp³-hybridized carbons (Fsp3) is 0.480. The van der Waals surface area contributed by atoms with Crippen molar-refractivity contribution in [3.8, 4) is 5.95 Å². The number of benzene rings is 1. The summed E-state index contributed by atoms with van der Waals surface area (Å²) in [5, 5.41) is 5.44. The summed E-state index contributed by atoms with van der Waals surface area (Å²) in [5.41, 5.74) is 3.49. The monoisotopic (exact) mass is 494 g/mol. The molecule has 0 amide bonds. The first-order chi connectivity index (χ1) is 17.1. The van der Waals surface area contributed by atoms with Crippen LogP contribution >= 0.6 is 11.3 Å². The first-order valence-electron chi connectivity index (χ1n) is 12.1. The first kappa shape index (κ1) is 22.7. The molecule has 0 saturated carbocycles. The van der Waals surface area contributed by atoms with Crippen LogP contribution in [-0.2, 0) is 19.8 Å². The van der Waals surface area contributed by atoms with Crippen LogP contribution in [0.25, 0.3) is 27.2 Å². The van der Waals surface area contributed by atoms with Gasteiger partial charge in [0, 0.05) is 52.3 Å². The van der Waals surface area contributed by atoms with Crippen LogP contribution in [-0.4, -0.2) is 72.7 Å². The molecular formula is C25H30N6O3S. The Morgan fingerprint density at radius 1 is 1.11 bits per heavy atom. The Labute approximate surface area is 208 Å². The number of methoxy groups -OCH3 is 1. The molecule has 1 aromatic carbocycles. The van der Waals surface area contributed by atoms with Crippen molar-refractivity contribution in [3.05, 3.63) is 35.2 Å². The lowest BCUT2D eigenvalue weighted by Crippen LogP contribution is -2.44. The van der Waals surface area contributed by atoms with Crippen molar-refractivity contribution in [1.82, 2.24) is 19.5 Å². The number of nitrogens with zero attached hydrogens (tertiary/aromatic N) is 5. The van der Waals surface area contributed by atoms with E-state index < -0.39 is 5.60 Å². The summed E-state index contributed by atoms with van der Waals surface area (Å²) in [6.45, 7) is 5.67. The number of hydrogen-bond donors (Lipinski definition) is 1. The molecule has 1 atom stereocenters. The van der Waals surface area contributed by atoms with E-state index in [9.17, 15) is 0 Å². The molecule has 35 heavy (non-hydrogen) atoms. The highest BCUT2D eigenvalue weighted by Crippen LogP contribution is 2.44. The topological polar surface area (TPSA) is 86.6 Å². The number of thiophene rings is 1. The Bertz CT molecular complexity index is 1360. The molecular weight excluding hydrogens is 464 g/mol. The van der Waals surface area contributed by atoms with E-state index in [1.807, 2.05) is 29.8 Å². The van der Waals surface area contributed by atoms with Crippen LogP contribution in [0.1, 0.15) is 25.3 Å². The lowest BCUT2D eigenvalue weighted by Gasteiger charge is -2.36. The number of imidazole rings is 1. The molecule has 2 aliphatic heterocycles. The lowest BCUT2D eigenvalue weighted by atomic mass is 9.87. The smallest absolute Gasteiger partial charge is 0.239 e. The third-order valence-electron chi connectivity index (χ3n) is 7.19. The average Bonchev–Trinajstić information content (AvgIpc) is 3.51. The predicted molar refractivity (Wildman–Crippen MR) is 138 cm³/mol. The zero-order chi connectivity index (χ0) is 24.0. The van der Waals surface area contributed by atoms with Gasteiger partial charge in [0.1, 0.15) is 5.60 Å². The van der Waals surface area contributed by atoms with E-state index in [1.54, 1.807) is 18.4 Å². The molecule has 1 N–H and O–H groups in total. The maximum absolute atomic E-state index is 6.18. The molecule has 2 fully saturated rings. The molecule has 4 aromatic rings. The standard InChI is InChI=1S/C25H30N6O3S/c1-16-14-34-13-10-30(16)22-21-20(17(15-35-21)25(32-3)8-11-33-12-9-25)28-24(29-22)31-19-7-5-4-6-18(19)27-23(31)26-2/h4-7,15-16H,8-14H2,1-3H3,(H,26,27)/t16-/m1/s1. The van der Waals surface area contributed by atoms with Gasteiger partial charge in [0.25, 0.3) is 0 Å². The van der Waals surface area contributed by atoms with Crippen LogP contribution in [0.2, 0.25) is 0 Å². The molecule has 10 heteroatoms. The molecule has 6 rings (SSSR count). The fourth-order valence-electron chi connectivity index (χ4n) is 5.23. The predicted octanol–water partition coefficient (Wildman–Crippen LogP) is 3.95. The van der Waals surface area contributed by atoms with E-state index >= 15 is 0 Å². The number of rotatable bonds is 5. The maximum atomic E-state index is 6.18. The summed E-state index contributed by atoms with van der Waals surface area (Å²) in [4.78, 5) is 17.5. The van der Waals surface area contributed by atoms with Gasteiger partial charge in [-0.1, -0.05) is 12.1 Å². The molecule has 5 heterocycles. The van der Waals surface area contributed by atoms with Crippen molar-refractivity contribution < 1.29 is 14.2 Å². The molecule has 0 aliphatic carbocycles. The van der Waals surface area contributed by atoms with Gasteiger partial charge in [-0.15, -0.1) is 11.3 Å². The minimum atomic E-state index is -0.418. The van der Waals surface area contributed by atoms with Gasteiger partial charge in [0.2, 0.25) is 11.9 Å². The van der Waals surface area contributed by atoms with Crippen LogP contribution in [0.4, 0.5) is 11.8 Å². The number of fused-ring (bicyclic) bond motifs is 2. The number of anilines is 2. The van der Waals surface area contributed by atoms with Gasteiger partial charge in [-0.05, 0) is 24.4 Å². The van der Waals surface area contributed by atoms with E-state index in [1.165, 1.54) is 0 Å². The summed E-state index contributed by atoms with van der Waals surface area (Å²) >= 11 is 1.69. The molecule has 2 saturated heterocycles. The zero-order valence-electron chi connectivity index (χ0n) is 20.3. The number of aromatic nitrogens is 4. The first-order valence-corrected chi connectivity index (χ1v) is 13.0. The molecule has 0 radical (unpaired) electrons. The van der Waals surface area contributed by atoms with Gasteiger partial charge in [-0.2, -0.15) is 4.98 Å². The van der Waals surface area contributed by atoms with Gasteiger partial charge in [-0.25, -0.2) is 14.5 Å². The number of hydrogen-bond acceptors (Lipinski definition) is 9. The summed E-state index contributed by atoms with van der Waals surface area (Å²) in [6, 6.07) is 8.28. The van der Waals surface area contributed by atoms with Crippen LogP contribution in [0.5, 0.6) is 0 Å². The molecule has 0 bridgehead atoms. The second-order valence-electron chi connectivity index (χ2n) is 9.11. The van der Waals surface area contributed by atoms with Crippen molar-refractivity contribution in [2.45, 2.75) is 31.4 Å². The van der Waals surface area contributed by atoms with Crippen LogP contribution in [0.15, 0.2) is 29.6 Å². The van der Waals surface area contributed by atoms with E-state index in [2.05, 4.69) is 28.6 Å². The van der Waals surface area contributed by atoms with Crippen LogP contribution < -0.4 is 10.2 Å². The minimum absolute atomic E-state index is 0.211. The van der Waals surface area contributed by atoms with E-state index in [4.69, 9.17) is 29.2 Å². The van der Waals surface area contributed by atoms with Gasteiger partial charge in [0.05, 0.1) is 40.5 Å². The Morgan fingerprint density at radius 2 is 1.94 bits per heavy atom. The largest absolute Gasteiger partial charge is 0.381 e. The molecule has 0 spiro atoms. The SMILES string of the molecule is CNc1nc2ccccc2n1-c1nc(N2CCOC[C@H]2C)c2scc(C3(OC)CCOCC3)c2n1. The van der Waals surface area contributed by atoms with Gasteiger partial charge in [-0.3, -0.25) is 0 Å². The lowest BCUT2D eigenvalue weighted by molar-refractivity contribution is -0.0937. The van der Waals surface area contributed by atoms with E-state index in [-0.39, 0.29) is 6.04 Å². The van der Waals surface area contributed by atoms with Crippen molar-refractivity contribution >= 4 is 44.4 Å². The molecule has 2 aliphatic rings. The van der Waals surface area contributed by atoms with Crippen molar-refractivity contribution in [2.24, 2.45) is 0 Å². The van der Waals surface area contributed by atoms with E-state index in [0.29, 0.717) is 38.3 Å². The van der Waals surface area contributed by atoms with Crippen molar-refractivity contribution in [1.29, 1.82) is 0 Å². The normalized spacial score (nSPS) is 20.5. The van der Waals surface area contributed by atoms with Crippen LogP contribution in [0.3, 0.4) is 0 Å². The quantitative estimate of drug-likeness (QED) is 0.446. The Hall–Kier alpha value is -2.79. The summed E-state index contributed by atoms with van der Waals surface area (Å²) in [6.07, 6.45) is 1.60. The van der Waals surface area contributed by atoms with Crippen molar-refractivity contribution in [3.63, 3.8) is 0 Å². The Morgan fingerprint density at radius 3 is 2.71 bits per heavy atom. The highest BCUT2D eigenvalue weighted by atomic mass is 32.1. The summed E-state index contributed by atoms with van der Waals surface area (Å²) < 4.78 is 20.7. The molecule has 9 nitrogen and oxygen atoms in total. The van der Waals surface area contributed by atoms with Gasteiger partial charge in [0.15, 0.2) is 5.82 Å². The summed E-state index contributed by atoms with van der Waals surface area (Å²) in [7, 11) is 3.67. The second kappa shape index (κ2) is 9.02. The number of ether oxygens (including phenoxy) is 3. The zero-order valence-corrected chi connectivity index (χ0v) is 21.1. The molecule has 184 valence electrons. The number of morpholine rings is 1. The van der Waals surface area contributed by atoms with E-state index in [0.717, 1.165) is 52.0 Å². The van der Waals surface area contributed by atoms with Gasteiger partial charge >= 0.3 is 0 Å². The molecule has 0 unspecified atom stereocenters. The third kappa shape index (κ3) is 3.67. The third-order valence-corrected chi connectivity index (χ3v) is 8.16. The number of para-hydroxylation sites is 2. The fourth-order valence-corrected chi connectivity index (χ4v) is 6.33. The number of nitrogens with one attached hydrogen (secondary N) is 1. The Kier molecular flexibility index (Phi) is 5.84. The van der Waals surface area contributed by atoms with Crippen molar-refractivity contribution in [2.75, 3.05) is 57.3 Å². The second-order valence-corrected chi connectivity index (χ2v) is 9.99. The maximum Gasteiger partial charge on any atom is 0.239 e. The molecule has 3 aromatic heterocycles. The van der Waals surface area contributed by atoms with Crippen LogP contribution in [0, 0.1) is 0 Å². The average molecular weight is 495 g/mol. The highest BCUT2D eigenvalue weighted by molar-refractivity contribution is 7.18. The summed E-state index contributed by atoms with van der Waals surface area (Å²) in [5.74, 6) is 2.24. The van der Waals surface area contributed by atoms with Gasteiger partial charge < -0.3 is 24.4 Å². The highest BCUT2D eigenvalue weighted by Gasteiger charge is 2.38. The minimum Gasteiger partial charge on any atom is -0.381 e. The Balaban J connectivity index is 1.63.